The van der Waals surface area contributed by atoms with Crippen LogP contribution in [0.25, 0.3) is 0 Å². The van der Waals surface area contributed by atoms with Crippen molar-refractivity contribution in [1.82, 2.24) is 15.1 Å². The minimum Gasteiger partial charge on any atom is -0.467 e. The maximum Gasteiger partial charge on any atom is 0.341 e. The topological polar surface area (TPSA) is 99.5 Å². The molecule has 166 valence electrons. The molecule has 0 aliphatic heterocycles. The van der Waals surface area contributed by atoms with Gasteiger partial charge in [-0.2, -0.15) is 5.10 Å². The van der Waals surface area contributed by atoms with Crippen molar-refractivity contribution in [2.75, 3.05) is 13.7 Å². The fraction of sp³-hybridized carbons (Fsp3) is 0.217. The number of ether oxygens (including phenoxy) is 2. The molecule has 0 spiro atoms. The van der Waals surface area contributed by atoms with E-state index in [0.29, 0.717) is 11.6 Å². The Hall–Kier alpha value is -3.65. The molecular weight excluding hydrogens is 434 g/mol. The van der Waals surface area contributed by atoms with Crippen LogP contribution in [0.5, 0.6) is 0 Å². The number of hydrogen-bond donors (Lipinski definition) is 1. The molecule has 0 saturated heterocycles. The van der Waals surface area contributed by atoms with Gasteiger partial charge in [0.15, 0.2) is 6.61 Å². The second kappa shape index (κ2) is 11.1. The van der Waals surface area contributed by atoms with Gasteiger partial charge >= 0.3 is 11.9 Å². The fourth-order valence-electron chi connectivity index (χ4n) is 2.99. The van der Waals surface area contributed by atoms with Crippen molar-refractivity contribution >= 4 is 29.4 Å². The minimum absolute atomic E-state index is 0.193. The Morgan fingerprint density at radius 2 is 1.81 bits per heavy atom. The molecule has 1 unspecified atom stereocenters. The molecule has 9 heteroatoms. The number of esters is 2. The lowest BCUT2D eigenvalue weighted by Gasteiger charge is -2.16. The first-order valence-corrected chi connectivity index (χ1v) is 10.2. The Bertz CT molecular complexity index is 1080. The maximum atomic E-state index is 12.3. The molecule has 0 saturated carbocycles. The average molecular weight is 456 g/mol. The molecule has 1 amide bonds. The summed E-state index contributed by atoms with van der Waals surface area (Å²) in [6.45, 7) is -0.162. The summed E-state index contributed by atoms with van der Waals surface area (Å²) in [7, 11) is 1.24. The number of carbonyl (C=O) groups excluding carboxylic acids is 3. The van der Waals surface area contributed by atoms with Crippen LogP contribution >= 0.6 is 11.6 Å². The minimum atomic E-state index is -0.896. The number of nitrogens with one attached hydrogen (secondary N) is 1. The molecule has 2 aromatic carbocycles. The first-order valence-electron chi connectivity index (χ1n) is 9.80. The highest BCUT2D eigenvalue weighted by molar-refractivity contribution is 6.31. The maximum absolute atomic E-state index is 12.3. The molecule has 3 aromatic rings. The summed E-state index contributed by atoms with van der Waals surface area (Å²) in [5.74, 6) is -1.91. The third-order valence-corrected chi connectivity index (χ3v) is 4.97. The van der Waals surface area contributed by atoms with E-state index < -0.39 is 30.5 Å². The van der Waals surface area contributed by atoms with E-state index in [1.807, 2.05) is 48.5 Å². The van der Waals surface area contributed by atoms with Crippen molar-refractivity contribution in [3.63, 3.8) is 0 Å². The lowest BCUT2D eigenvalue weighted by Crippen LogP contribution is -2.44. The third kappa shape index (κ3) is 6.42. The number of amides is 1. The smallest absolute Gasteiger partial charge is 0.341 e. The molecule has 1 atom stereocenters. The second-order valence-corrected chi connectivity index (χ2v) is 7.33. The van der Waals surface area contributed by atoms with Crippen LogP contribution in [0.15, 0.2) is 67.0 Å². The molecule has 0 fully saturated rings. The van der Waals surface area contributed by atoms with E-state index in [-0.39, 0.29) is 12.0 Å². The van der Waals surface area contributed by atoms with Gasteiger partial charge in [0.1, 0.15) is 6.04 Å². The standard InChI is InChI=1S/C23H22ClN3O5/c1-31-23(30)20(11-16-7-3-2-4-8-16)26-21(28)15-32-22(29)18-12-25-27(14-18)13-17-9-5-6-10-19(17)24/h2-10,12,14,20H,11,13,15H2,1H3,(H,26,28). The number of nitrogens with zero attached hydrogens (tertiary/aromatic N) is 2. The number of rotatable bonds is 9. The summed E-state index contributed by atoms with van der Waals surface area (Å²) in [5.41, 5.74) is 1.90. The van der Waals surface area contributed by atoms with Gasteiger partial charge in [-0.15, -0.1) is 0 Å². The summed E-state index contributed by atoms with van der Waals surface area (Å²) in [4.78, 5) is 36.6. The Morgan fingerprint density at radius 1 is 1.09 bits per heavy atom. The van der Waals surface area contributed by atoms with Crippen molar-refractivity contribution in [2.24, 2.45) is 0 Å². The van der Waals surface area contributed by atoms with Gasteiger partial charge in [0.2, 0.25) is 0 Å². The molecule has 32 heavy (non-hydrogen) atoms. The quantitative estimate of drug-likeness (QED) is 0.498. The molecule has 0 aliphatic carbocycles. The van der Waals surface area contributed by atoms with E-state index in [2.05, 4.69) is 10.4 Å². The Kier molecular flexibility index (Phi) is 7.99. The molecule has 3 rings (SSSR count). The molecule has 1 aromatic heterocycles. The van der Waals surface area contributed by atoms with E-state index in [1.165, 1.54) is 19.5 Å². The zero-order chi connectivity index (χ0) is 22.9. The average Bonchev–Trinajstić information content (AvgIpc) is 3.27. The Morgan fingerprint density at radius 3 is 2.53 bits per heavy atom. The largest absolute Gasteiger partial charge is 0.467 e. The first kappa shape index (κ1) is 23.0. The van der Waals surface area contributed by atoms with Crippen molar-refractivity contribution in [2.45, 2.75) is 19.0 Å². The van der Waals surface area contributed by atoms with Crippen molar-refractivity contribution in [1.29, 1.82) is 0 Å². The lowest BCUT2D eigenvalue weighted by atomic mass is 10.1. The molecule has 0 bridgehead atoms. The number of benzene rings is 2. The number of methoxy groups -OCH3 is 1. The van der Waals surface area contributed by atoms with Gasteiger partial charge in [-0.1, -0.05) is 60.1 Å². The lowest BCUT2D eigenvalue weighted by molar-refractivity contribution is -0.145. The van der Waals surface area contributed by atoms with Crippen LogP contribution in [0.1, 0.15) is 21.5 Å². The number of halogens is 1. The molecule has 0 aliphatic rings. The van der Waals surface area contributed by atoms with Crippen LogP contribution in [0.3, 0.4) is 0 Å². The molecule has 8 nitrogen and oxygen atoms in total. The number of carbonyl (C=O) groups is 3. The number of hydrogen-bond acceptors (Lipinski definition) is 6. The second-order valence-electron chi connectivity index (χ2n) is 6.93. The van der Waals surface area contributed by atoms with Crippen molar-refractivity contribution < 1.29 is 23.9 Å². The van der Waals surface area contributed by atoms with Crippen LogP contribution in [0, 0.1) is 0 Å². The van der Waals surface area contributed by atoms with Gasteiger partial charge in [-0.05, 0) is 17.2 Å². The van der Waals surface area contributed by atoms with E-state index in [4.69, 9.17) is 21.1 Å². The van der Waals surface area contributed by atoms with Gasteiger partial charge in [-0.3, -0.25) is 9.48 Å². The van der Waals surface area contributed by atoms with Gasteiger partial charge in [0.25, 0.3) is 5.91 Å². The molecular formula is C23H22ClN3O5. The molecule has 1 heterocycles. The molecule has 1 N–H and O–H groups in total. The molecule has 0 radical (unpaired) electrons. The van der Waals surface area contributed by atoms with E-state index in [0.717, 1.165) is 11.1 Å². The first-order chi connectivity index (χ1) is 15.5. The van der Waals surface area contributed by atoms with E-state index >= 15 is 0 Å². The highest BCUT2D eigenvalue weighted by Crippen LogP contribution is 2.16. The normalized spacial score (nSPS) is 11.4. The summed E-state index contributed by atoms with van der Waals surface area (Å²) in [6.07, 6.45) is 3.11. The van der Waals surface area contributed by atoms with E-state index in [1.54, 1.807) is 10.7 Å². The van der Waals surface area contributed by atoms with E-state index in [9.17, 15) is 14.4 Å². The van der Waals surface area contributed by atoms with Crippen molar-refractivity contribution in [3.05, 3.63) is 88.7 Å². The van der Waals surface area contributed by atoms with Gasteiger partial charge in [-0.25, -0.2) is 9.59 Å². The predicted molar refractivity (Wildman–Crippen MR) is 117 cm³/mol. The predicted octanol–water partition coefficient (Wildman–Crippen LogP) is 2.64. The summed E-state index contributed by atoms with van der Waals surface area (Å²) in [5, 5.41) is 7.26. The van der Waals surface area contributed by atoms with Crippen LogP contribution in [0.4, 0.5) is 0 Å². The monoisotopic (exact) mass is 455 g/mol. The summed E-state index contributed by atoms with van der Waals surface area (Å²) >= 11 is 6.14. The fourth-order valence-corrected chi connectivity index (χ4v) is 3.19. The number of aromatic nitrogens is 2. The van der Waals surface area contributed by atoms with Gasteiger partial charge in [0.05, 0.1) is 25.4 Å². The van der Waals surface area contributed by atoms with Crippen LogP contribution in [-0.2, 0) is 32.0 Å². The Labute approximate surface area is 190 Å². The summed E-state index contributed by atoms with van der Waals surface area (Å²) < 4.78 is 11.4. The van der Waals surface area contributed by atoms with Gasteiger partial charge < -0.3 is 14.8 Å². The Balaban J connectivity index is 1.53. The SMILES string of the molecule is COC(=O)C(Cc1ccccc1)NC(=O)COC(=O)c1cnn(Cc2ccccc2Cl)c1. The highest BCUT2D eigenvalue weighted by atomic mass is 35.5. The van der Waals surface area contributed by atoms with Crippen LogP contribution < -0.4 is 5.32 Å². The highest BCUT2D eigenvalue weighted by Gasteiger charge is 2.23. The zero-order valence-corrected chi connectivity index (χ0v) is 18.1. The van der Waals surface area contributed by atoms with Gasteiger partial charge in [0, 0.05) is 17.6 Å². The zero-order valence-electron chi connectivity index (χ0n) is 17.4. The van der Waals surface area contributed by atoms with Crippen molar-refractivity contribution in [3.8, 4) is 0 Å². The third-order valence-electron chi connectivity index (χ3n) is 4.60. The van der Waals surface area contributed by atoms with Crippen LogP contribution in [-0.4, -0.2) is 47.4 Å². The summed E-state index contributed by atoms with van der Waals surface area (Å²) in [6, 6.07) is 15.6. The van der Waals surface area contributed by atoms with Crippen LogP contribution in [0.2, 0.25) is 5.02 Å².